The van der Waals surface area contributed by atoms with Crippen molar-refractivity contribution < 1.29 is 0 Å². The van der Waals surface area contributed by atoms with Crippen LogP contribution in [0.4, 0.5) is 5.82 Å². The molecule has 0 amide bonds. The normalized spacial score (nSPS) is 11.7. The van der Waals surface area contributed by atoms with E-state index < -0.39 is 0 Å². The molecule has 0 spiro atoms. The van der Waals surface area contributed by atoms with Gasteiger partial charge < -0.3 is 5.43 Å². The number of nitrogen functional groups attached to an aromatic ring is 1. The van der Waals surface area contributed by atoms with Crippen molar-refractivity contribution in [2.24, 2.45) is 5.84 Å². The predicted octanol–water partition coefficient (Wildman–Crippen LogP) is 2.68. The highest BCUT2D eigenvalue weighted by Gasteiger charge is 2.22. The molecule has 2 rings (SSSR count). The average molecular weight is 310 g/mol. The number of nitrogens with two attached hydrogens (primary N) is 1. The highest BCUT2D eigenvalue weighted by Crippen LogP contribution is 2.34. The maximum atomic E-state index is 5.55. The average Bonchev–Trinajstić information content (AvgIpc) is 2.76. The molecule has 6 nitrogen and oxygen atoms in total. The highest BCUT2D eigenvalue weighted by atomic mass is 32.2. The number of rotatable bonds is 3. The second kappa shape index (κ2) is 5.63. The molecule has 3 N–H and O–H groups in total. The van der Waals surface area contributed by atoms with Crippen LogP contribution in [-0.2, 0) is 5.41 Å². The van der Waals surface area contributed by atoms with Gasteiger partial charge in [-0.25, -0.2) is 15.8 Å². The lowest BCUT2D eigenvalue weighted by Crippen LogP contribution is -2.20. The largest absolute Gasteiger partial charge is 0.308 e. The van der Waals surface area contributed by atoms with E-state index in [9.17, 15) is 0 Å². The topological polar surface area (TPSA) is 89.6 Å². The third-order valence-corrected chi connectivity index (χ3v) is 4.58. The molecule has 0 unspecified atom stereocenters. The van der Waals surface area contributed by atoms with Crippen LogP contribution in [0.15, 0.2) is 9.37 Å². The molecule has 2 aromatic rings. The van der Waals surface area contributed by atoms with Gasteiger partial charge in [0, 0.05) is 11.0 Å². The molecule has 0 aliphatic rings. The molecular formula is C12H18N6S2. The molecule has 108 valence electrons. The Balaban J connectivity index is 2.45. The second-order valence-corrected chi connectivity index (χ2v) is 7.83. The lowest BCUT2D eigenvalue weighted by molar-refractivity contribution is 0.538. The zero-order chi connectivity index (χ0) is 14.9. The predicted molar refractivity (Wildman–Crippen MR) is 82.0 cm³/mol. The van der Waals surface area contributed by atoms with E-state index in [4.69, 9.17) is 5.84 Å². The van der Waals surface area contributed by atoms with Crippen molar-refractivity contribution in [2.45, 2.75) is 49.4 Å². The van der Waals surface area contributed by atoms with Crippen molar-refractivity contribution in [1.82, 2.24) is 20.2 Å². The van der Waals surface area contributed by atoms with Gasteiger partial charge in [0.15, 0.2) is 4.34 Å². The molecule has 0 fully saturated rings. The SMILES string of the molecule is Cc1nnc(Sc2nc(C(C)(C)C)nc(NN)c2C)s1. The number of nitrogens with zero attached hydrogens (tertiary/aromatic N) is 4. The Morgan fingerprint density at radius 3 is 2.35 bits per heavy atom. The summed E-state index contributed by atoms with van der Waals surface area (Å²) >= 11 is 3.04. The Kier molecular flexibility index (Phi) is 4.26. The van der Waals surface area contributed by atoms with Crippen molar-refractivity contribution in [3.05, 3.63) is 16.4 Å². The molecular weight excluding hydrogens is 292 g/mol. The van der Waals surface area contributed by atoms with Crippen LogP contribution in [0.25, 0.3) is 0 Å². The standard InChI is InChI=1S/C12H18N6S2/c1-6-8(16-13)14-10(12(3,4)5)15-9(6)20-11-18-17-7(2)19-11/h13H2,1-5H3,(H,14,15,16). The van der Waals surface area contributed by atoms with Gasteiger partial charge >= 0.3 is 0 Å². The van der Waals surface area contributed by atoms with Crippen LogP contribution >= 0.6 is 23.1 Å². The molecule has 0 saturated heterocycles. The van der Waals surface area contributed by atoms with Gasteiger partial charge in [0.05, 0.1) is 0 Å². The molecule has 2 heterocycles. The molecule has 20 heavy (non-hydrogen) atoms. The Morgan fingerprint density at radius 1 is 1.15 bits per heavy atom. The Bertz CT molecular complexity index is 617. The van der Waals surface area contributed by atoms with Crippen LogP contribution in [0.1, 0.15) is 37.2 Å². The van der Waals surface area contributed by atoms with Crippen LogP contribution in [0.3, 0.4) is 0 Å². The summed E-state index contributed by atoms with van der Waals surface area (Å²) in [5, 5.41) is 9.93. The van der Waals surface area contributed by atoms with Crippen LogP contribution in [-0.4, -0.2) is 20.2 Å². The fourth-order valence-corrected chi connectivity index (χ4v) is 3.28. The van der Waals surface area contributed by atoms with Crippen molar-refractivity contribution in [3.8, 4) is 0 Å². The maximum Gasteiger partial charge on any atom is 0.180 e. The van der Waals surface area contributed by atoms with Crippen molar-refractivity contribution in [3.63, 3.8) is 0 Å². The maximum absolute atomic E-state index is 5.55. The van der Waals surface area contributed by atoms with E-state index in [1.54, 1.807) is 11.3 Å². The fourth-order valence-electron chi connectivity index (χ4n) is 1.47. The van der Waals surface area contributed by atoms with Crippen molar-refractivity contribution >= 4 is 28.9 Å². The minimum atomic E-state index is -0.147. The van der Waals surface area contributed by atoms with E-state index in [-0.39, 0.29) is 5.41 Å². The van der Waals surface area contributed by atoms with Crippen molar-refractivity contribution in [2.75, 3.05) is 5.43 Å². The summed E-state index contributed by atoms with van der Waals surface area (Å²) in [7, 11) is 0. The van der Waals surface area contributed by atoms with E-state index in [1.807, 2.05) is 13.8 Å². The Hall–Kier alpha value is -1.25. The molecule has 0 radical (unpaired) electrons. The van der Waals surface area contributed by atoms with E-state index >= 15 is 0 Å². The third-order valence-electron chi connectivity index (χ3n) is 2.60. The Labute approximate surface area is 126 Å². The van der Waals surface area contributed by atoms with Gasteiger partial charge in [-0.3, -0.25) is 0 Å². The number of nitrogens with one attached hydrogen (secondary N) is 1. The van der Waals surface area contributed by atoms with Gasteiger partial charge in [0.25, 0.3) is 0 Å². The zero-order valence-electron chi connectivity index (χ0n) is 12.2. The van der Waals surface area contributed by atoms with Gasteiger partial charge in [-0.1, -0.05) is 32.1 Å². The van der Waals surface area contributed by atoms with Crippen LogP contribution < -0.4 is 11.3 Å². The number of hydrogen-bond donors (Lipinski definition) is 2. The first kappa shape index (κ1) is 15.1. The number of anilines is 1. The van der Waals surface area contributed by atoms with Gasteiger partial charge in [-0.15, -0.1) is 10.2 Å². The van der Waals surface area contributed by atoms with Gasteiger partial charge in [-0.05, 0) is 25.6 Å². The number of hydrazine groups is 1. The highest BCUT2D eigenvalue weighted by molar-refractivity contribution is 8.01. The van der Waals surface area contributed by atoms with E-state index in [1.165, 1.54) is 11.8 Å². The van der Waals surface area contributed by atoms with Crippen LogP contribution in [0.2, 0.25) is 0 Å². The minimum Gasteiger partial charge on any atom is -0.308 e. The van der Waals surface area contributed by atoms with Crippen LogP contribution in [0.5, 0.6) is 0 Å². The summed E-state index contributed by atoms with van der Waals surface area (Å²) in [6.45, 7) is 10.1. The summed E-state index contributed by atoms with van der Waals surface area (Å²) in [6, 6.07) is 0. The molecule has 0 aromatic carbocycles. The van der Waals surface area contributed by atoms with Gasteiger partial charge in [0.2, 0.25) is 0 Å². The first-order chi connectivity index (χ1) is 9.31. The minimum absolute atomic E-state index is 0.147. The first-order valence-electron chi connectivity index (χ1n) is 6.15. The number of hydrogen-bond acceptors (Lipinski definition) is 8. The lowest BCUT2D eigenvalue weighted by atomic mass is 9.95. The monoisotopic (exact) mass is 310 g/mol. The summed E-state index contributed by atoms with van der Waals surface area (Å²) in [5.41, 5.74) is 3.41. The summed E-state index contributed by atoms with van der Waals surface area (Å²) in [5.74, 6) is 6.95. The summed E-state index contributed by atoms with van der Waals surface area (Å²) < 4.78 is 0.868. The lowest BCUT2D eigenvalue weighted by Gasteiger charge is -2.19. The summed E-state index contributed by atoms with van der Waals surface area (Å²) in [4.78, 5) is 9.13. The van der Waals surface area contributed by atoms with Gasteiger partial charge in [0.1, 0.15) is 21.7 Å². The molecule has 2 aromatic heterocycles. The summed E-state index contributed by atoms with van der Waals surface area (Å²) in [6.07, 6.45) is 0. The molecule has 0 bridgehead atoms. The van der Waals surface area contributed by atoms with Gasteiger partial charge in [-0.2, -0.15) is 0 Å². The number of aryl methyl sites for hydroxylation is 1. The molecule has 0 aliphatic carbocycles. The Morgan fingerprint density at radius 2 is 1.85 bits per heavy atom. The van der Waals surface area contributed by atoms with E-state index in [0.29, 0.717) is 5.82 Å². The van der Waals surface area contributed by atoms with Crippen LogP contribution in [0, 0.1) is 13.8 Å². The second-order valence-electron chi connectivity index (χ2n) is 5.41. The molecule has 8 heteroatoms. The third kappa shape index (κ3) is 3.25. The fraction of sp³-hybridized carbons (Fsp3) is 0.500. The van der Waals surface area contributed by atoms with E-state index in [0.717, 1.165) is 25.8 Å². The number of aromatic nitrogens is 4. The molecule has 0 saturated carbocycles. The molecule has 0 aliphatic heterocycles. The quantitative estimate of drug-likeness (QED) is 0.511. The zero-order valence-corrected chi connectivity index (χ0v) is 13.8. The van der Waals surface area contributed by atoms with E-state index in [2.05, 4.69) is 46.4 Å². The molecule has 0 atom stereocenters. The van der Waals surface area contributed by atoms with Crippen molar-refractivity contribution in [1.29, 1.82) is 0 Å². The smallest absolute Gasteiger partial charge is 0.180 e. The first-order valence-corrected chi connectivity index (χ1v) is 7.78.